The molecule has 2 aromatic rings. The van der Waals surface area contributed by atoms with Crippen LogP contribution in [0.3, 0.4) is 0 Å². The standard InChI is InChI=1S/C20H29N5O2S.HI/c1-21-19(26)15-25-10-7-16(8-11-25)24-20(23-14-18-5-3-13-28-18)22-9-6-17-4-2-12-27-17;/h2-5,12-13,16H,6-11,14-15H2,1H3,(H,21,26)(H2,22,23,24);1H. The van der Waals surface area contributed by atoms with E-state index in [9.17, 15) is 4.79 Å². The normalized spacial score (nSPS) is 15.6. The number of aliphatic imine (C=N–C) groups is 1. The van der Waals surface area contributed by atoms with Crippen molar-refractivity contribution in [3.05, 3.63) is 46.5 Å². The fraction of sp³-hybridized carbons (Fsp3) is 0.500. The van der Waals surface area contributed by atoms with E-state index < -0.39 is 0 Å². The van der Waals surface area contributed by atoms with Crippen LogP contribution in [-0.4, -0.2) is 56.0 Å². The lowest BCUT2D eigenvalue weighted by molar-refractivity contribution is -0.122. The van der Waals surface area contributed by atoms with Gasteiger partial charge in [-0.15, -0.1) is 35.3 Å². The Morgan fingerprint density at radius 2 is 2.14 bits per heavy atom. The summed E-state index contributed by atoms with van der Waals surface area (Å²) < 4.78 is 5.40. The third-order valence-electron chi connectivity index (χ3n) is 4.79. The number of piperidine rings is 1. The zero-order valence-corrected chi connectivity index (χ0v) is 19.9. The van der Waals surface area contributed by atoms with Crippen molar-refractivity contribution in [2.45, 2.75) is 31.8 Å². The Labute approximate surface area is 193 Å². The van der Waals surface area contributed by atoms with E-state index in [1.807, 2.05) is 12.1 Å². The molecule has 0 radical (unpaired) electrons. The summed E-state index contributed by atoms with van der Waals surface area (Å²) in [4.78, 5) is 19.7. The van der Waals surface area contributed by atoms with Gasteiger partial charge in [0.25, 0.3) is 0 Å². The first-order chi connectivity index (χ1) is 13.7. The second-order valence-electron chi connectivity index (χ2n) is 6.87. The van der Waals surface area contributed by atoms with Crippen LogP contribution in [0.25, 0.3) is 0 Å². The number of thiophene rings is 1. The Bertz CT molecular complexity index is 728. The maximum Gasteiger partial charge on any atom is 0.233 e. The minimum atomic E-state index is 0. The van der Waals surface area contributed by atoms with Crippen molar-refractivity contribution in [3.8, 4) is 0 Å². The molecule has 2 aromatic heterocycles. The molecule has 3 rings (SSSR count). The number of rotatable bonds is 8. The Morgan fingerprint density at radius 1 is 1.31 bits per heavy atom. The monoisotopic (exact) mass is 531 g/mol. The van der Waals surface area contributed by atoms with Gasteiger partial charge in [0.05, 0.1) is 19.4 Å². The number of halogens is 1. The van der Waals surface area contributed by atoms with Gasteiger partial charge in [-0.25, -0.2) is 4.99 Å². The molecule has 0 unspecified atom stereocenters. The summed E-state index contributed by atoms with van der Waals surface area (Å²) >= 11 is 1.72. The first kappa shape index (κ1) is 23.7. The van der Waals surface area contributed by atoms with Crippen LogP contribution in [0, 0.1) is 0 Å². The van der Waals surface area contributed by atoms with Crippen LogP contribution in [-0.2, 0) is 17.8 Å². The molecule has 0 aliphatic carbocycles. The number of likely N-dealkylation sites (tertiary alicyclic amines) is 1. The van der Waals surface area contributed by atoms with E-state index in [0.717, 1.165) is 50.6 Å². The predicted octanol–water partition coefficient (Wildman–Crippen LogP) is 2.45. The van der Waals surface area contributed by atoms with E-state index in [1.54, 1.807) is 24.6 Å². The summed E-state index contributed by atoms with van der Waals surface area (Å²) in [5.41, 5.74) is 0. The molecule has 3 heterocycles. The maximum absolute atomic E-state index is 11.5. The second kappa shape index (κ2) is 12.9. The number of hydrogen-bond donors (Lipinski definition) is 3. The summed E-state index contributed by atoms with van der Waals surface area (Å²) in [5, 5.41) is 11.8. The maximum atomic E-state index is 11.5. The van der Waals surface area contributed by atoms with Crippen molar-refractivity contribution >= 4 is 47.2 Å². The molecule has 0 spiro atoms. The van der Waals surface area contributed by atoms with Crippen molar-refractivity contribution in [1.82, 2.24) is 20.9 Å². The SMILES string of the molecule is CNC(=O)CN1CCC(NC(=NCc2cccs2)NCCc2ccco2)CC1.I. The van der Waals surface area contributed by atoms with E-state index in [-0.39, 0.29) is 29.9 Å². The molecule has 160 valence electrons. The van der Waals surface area contributed by atoms with Crippen LogP contribution in [0.2, 0.25) is 0 Å². The zero-order chi connectivity index (χ0) is 19.6. The van der Waals surface area contributed by atoms with Gasteiger partial charge in [-0.2, -0.15) is 0 Å². The number of carbonyl (C=O) groups excluding carboxylic acids is 1. The van der Waals surface area contributed by atoms with E-state index in [4.69, 9.17) is 9.41 Å². The topological polar surface area (TPSA) is 81.9 Å². The summed E-state index contributed by atoms with van der Waals surface area (Å²) in [6, 6.07) is 8.41. The number of amides is 1. The molecule has 1 aliphatic heterocycles. The predicted molar refractivity (Wildman–Crippen MR) is 128 cm³/mol. The number of nitrogens with one attached hydrogen (secondary N) is 3. The molecule has 1 fully saturated rings. The van der Waals surface area contributed by atoms with Crippen LogP contribution in [0.1, 0.15) is 23.5 Å². The van der Waals surface area contributed by atoms with Crippen LogP contribution >= 0.6 is 35.3 Å². The van der Waals surface area contributed by atoms with Gasteiger partial charge in [0.1, 0.15) is 5.76 Å². The average molecular weight is 531 g/mol. The Balaban J connectivity index is 0.00000300. The number of furan rings is 1. The quantitative estimate of drug-likeness (QED) is 0.277. The van der Waals surface area contributed by atoms with E-state index in [0.29, 0.717) is 19.1 Å². The molecule has 1 saturated heterocycles. The van der Waals surface area contributed by atoms with E-state index >= 15 is 0 Å². The van der Waals surface area contributed by atoms with Gasteiger partial charge in [0.15, 0.2) is 5.96 Å². The highest BCUT2D eigenvalue weighted by molar-refractivity contribution is 14.0. The minimum absolute atomic E-state index is 0. The van der Waals surface area contributed by atoms with Gasteiger partial charge < -0.3 is 20.4 Å². The molecule has 0 aromatic carbocycles. The van der Waals surface area contributed by atoms with Crippen LogP contribution in [0.5, 0.6) is 0 Å². The summed E-state index contributed by atoms with van der Waals surface area (Å²) in [5.74, 6) is 1.88. The molecule has 0 saturated carbocycles. The zero-order valence-electron chi connectivity index (χ0n) is 16.7. The highest BCUT2D eigenvalue weighted by Gasteiger charge is 2.21. The van der Waals surface area contributed by atoms with Crippen molar-refractivity contribution < 1.29 is 9.21 Å². The Hall–Kier alpha value is -1.59. The summed E-state index contributed by atoms with van der Waals surface area (Å²) in [6.07, 6.45) is 4.51. The third kappa shape index (κ3) is 8.35. The summed E-state index contributed by atoms with van der Waals surface area (Å²) in [7, 11) is 1.68. The highest BCUT2D eigenvalue weighted by atomic mass is 127. The molecule has 1 aliphatic rings. The third-order valence-corrected chi connectivity index (χ3v) is 5.65. The largest absolute Gasteiger partial charge is 0.469 e. The molecule has 1 amide bonds. The summed E-state index contributed by atoms with van der Waals surface area (Å²) in [6.45, 7) is 3.73. The lowest BCUT2D eigenvalue weighted by atomic mass is 10.1. The fourth-order valence-corrected chi connectivity index (χ4v) is 3.81. The number of carbonyl (C=O) groups is 1. The molecular formula is C20H30IN5O2S. The molecule has 0 atom stereocenters. The van der Waals surface area contributed by atoms with E-state index in [1.165, 1.54) is 4.88 Å². The van der Waals surface area contributed by atoms with Gasteiger partial charge in [0, 0.05) is 44.0 Å². The highest BCUT2D eigenvalue weighted by Crippen LogP contribution is 2.11. The lowest BCUT2D eigenvalue weighted by Crippen LogP contribution is -2.50. The van der Waals surface area contributed by atoms with Crippen LogP contribution < -0.4 is 16.0 Å². The lowest BCUT2D eigenvalue weighted by Gasteiger charge is -2.32. The number of likely N-dealkylation sites (N-methyl/N-ethyl adjacent to an activating group) is 1. The number of hydrogen-bond acceptors (Lipinski definition) is 5. The first-order valence-electron chi connectivity index (χ1n) is 9.75. The van der Waals surface area contributed by atoms with Crippen LogP contribution in [0.4, 0.5) is 0 Å². The fourth-order valence-electron chi connectivity index (χ4n) is 3.18. The molecule has 7 nitrogen and oxygen atoms in total. The van der Waals surface area contributed by atoms with Gasteiger partial charge in [0.2, 0.25) is 5.91 Å². The average Bonchev–Trinajstić information content (AvgIpc) is 3.41. The van der Waals surface area contributed by atoms with Gasteiger partial charge >= 0.3 is 0 Å². The second-order valence-corrected chi connectivity index (χ2v) is 7.90. The molecule has 29 heavy (non-hydrogen) atoms. The number of nitrogens with zero attached hydrogens (tertiary/aromatic N) is 2. The van der Waals surface area contributed by atoms with Crippen molar-refractivity contribution in [3.63, 3.8) is 0 Å². The molecule has 0 bridgehead atoms. The van der Waals surface area contributed by atoms with Crippen molar-refractivity contribution in [2.75, 3.05) is 33.2 Å². The van der Waals surface area contributed by atoms with E-state index in [2.05, 4.69) is 38.4 Å². The van der Waals surface area contributed by atoms with Gasteiger partial charge in [-0.3, -0.25) is 9.69 Å². The molecule has 3 N–H and O–H groups in total. The van der Waals surface area contributed by atoms with Gasteiger partial charge in [-0.1, -0.05) is 6.07 Å². The van der Waals surface area contributed by atoms with Crippen molar-refractivity contribution in [1.29, 1.82) is 0 Å². The van der Waals surface area contributed by atoms with Crippen LogP contribution in [0.15, 0.2) is 45.3 Å². The van der Waals surface area contributed by atoms with Crippen molar-refractivity contribution in [2.24, 2.45) is 4.99 Å². The first-order valence-corrected chi connectivity index (χ1v) is 10.6. The Morgan fingerprint density at radius 3 is 2.79 bits per heavy atom. The van der Waals surface area contributed by atoms with Gasteiger partial charge in [-0.05, 0) is 36.4 Å². The molecular weight excluding hydrogens is 501 g/mol. The molecule has 9 heteroatoms. The number of guanidine groups is 1. The Kier molecular flexibility index (Phi) is 10.5. The smallest absolute Gasteiger partial charge is 0.233 e. The minimum Gasteiger partial charge on any atom is -0.469 e.